The van der Waals surface area contributed by atoms with Crippen molar-refractivity contribution in [3.63, 3.8) is 0 Å². The smallest absolute Gasteiger partial charge is 0.264 e. The van der Waals surface area contributed by atoms with Gasteiger partial charge in [0, 0.05) is 11.4 Å². The first kappa shape index (κ1) is 15.8. The number of nitrogens with one attached hydrogen (secondary N) is 1. The molecule has 2 aliphatic rings. The number of hydrogen-bond acceptors (Lipinski definition) is 5. The van der Waals surface area contributed by atoms with Crippen molar-refractivity contribution in [1.29, 1.82) is 0 Å². The zero-order valence-corrected chi connectivity index (χ0v) is 14.9. The molecule has 1 fully saturated rings. The Labute approximate surface area is 145 Å². The first-order valence-electron chi connectivity index (χ1n) is 8.51. The van der Waals surface area contributed by atoms with E-state index in [0.29, 0.717) is 25.5 Å². The Morgan fingerprint density at radius 2 is 2.38 bits per heavy atom. The molecular formula is C17H22N4O2S. The number of carbonyl (C=O) groups excluding carboxylic acids is 1. The summed E-state index contributed by atoms with van der Waals surface area (Å²) in [6, 6.07) is 2.11. The molecule has 0 bridgehead atoms. The lowest BCUT2D eigenvalue weighted by Gasteiger charge is -2.31. The molecular weight excluding hydrogens is 324 g/mol. The van der Waals surface area contributed by atoms with E-state index in [4.69, 9.17) is 4.74 Å². The fourth-order valence-electron chi connectivity index (χ4n) is 3.46. The van der Waals surface area contributed by atoms with Gasteiger partial charge in [-0.3, -0.25) is 9.89 Å². The number of fused-ring (bicyclic) bond motifs is 1. The third kappa shape index (κ3) is 2.98. The third-order valence-corrected chi connectivity index (χ3v) is 6.02. The number of ether oxygens (including phenoxy) is 1. The maximum Gasteiger partial charge on any atom is 0.264 e. The summed E-state index contributed by atoms with van der Waals surface area (Å²) in [6.07, 6.45) is 3.19. The average molecular weight is 346 g/mol. The van der Waals surface area contributed by atoms with Crippen LogP contribution in [0.25, 0.3) is 0 Å². The van der Waals surface area contributed by atoms with Crippen LogP contribution in [0, 0.1) is 12.8 Å². The SMILES string of the molecule is Cc1nc([C@H]2CN(C(=O)c3cc4c(s3)CC[C@@H](C)C4)CCO2)n[nH]1. The Bertz CT molecular complexity index is 754. The van der Waals surface area contributed by atoms with Gasteiger partial charge in [0.05, 0.1) is 18.0 Å². The molecule has 1 amide bonds. The first-order valence-corrected chi connectivity index (χ1v) is 9.33. The van der Waals surface area contributed by atoms with Gasteiger partial charge in [-0.05, 0) is 43.7 Å². The Balaban J connectivity index is 1.50. The van der Waals surface area contributed by atoms with Crippen molar-refractivity contribution in [3.8, 4) is 0 Å². The first-order chi connectivity index (χ1) is 11.6. The molecule has 3 heterocycles. The predicted molar refractivity (Wildman–Crippen MR) is 91.2 cm³/mol. The highest BCUT2D eigenvalue weighted by molar-refractivity contribution is 7.14. The summed E-state index contributed by atoms with van der Waals surface area (Å²) in [7, 11) is 0. The van der Waals surface area contributed by atoms with Crippen LogP contribution < -0.4 is 0 Å². The maximum absolute atomic E-state index is 12.9. The highest BCUT2D eigenvalue weighted by Gasteiger charge is 2.30. The van der Waals surface area contributed by atoms with Crippen LogP contribution in [0.4, 0.5) is 0 Å². The molecule has 1 aliphatic carbocycles. The Morgan fingerprint density at radius 3 is 3.17 bits per heavy atom. The molecule has 1 N–H and O–H groups in total. The van der Waals surface area contributed by atoms with E-state index in [1.807, 2.05) is 11.8 Å². The minimum atomic E-state index is -0.248. The van der Waals surface area contributed by atoms with Gasteiger partial charge in [0.1, 0.15) is 11.9 Å². The lowest BCUT2D eigenvalue weighted by molar-refractivity contribution is -0.0265. The van der Waals surface area contributed by atoms with Gasteiger partial charge in [-0.15, -0.1) is 11.3 Å². The van der Waals surface area contributed by atoms with Crippen molar-refractivity contribution >= 4 is 17.2 Å². The van der Waals surface area contributed by atoms with Gasteiger partial charge in [-0.25, -0.2) is 4.98 Å². The van der Waals surface area contributed by atoms with Gasteiger partial charge < -0.3 is 9.64 Å². The molecule has 2 aromatic heterocycles. The van der Waals surface area contributed by atoms with E-state index in [1.54, 1.807) is 11.3 Å². The molecule has 2 atom stereocenters. The van der Waals surface area contributed by atoms with Crippen molar-refractivity contribution in [2.75, 3.05) is 19.7 Å². The Kier molecular flexibility index (Phi) is 4.14. The highest BCUT2D eigenvalue weighted by Crippen LogP contribution is 2.33. The molecule has 128 valence electrons. The van der Waals surface area contributed by atoms with E-state index in [0.717, 1.165) is 29.5 Å². The number of amides is 1. The van der Waals surface area contributed by atoms with E-state index in [9.17, 15) is 4.79 Å². The fraction of sp³-hybridized carbons (Fsp3) is 0.588. The second-order valence-electron chi connectivity index (χ2n) is 6.80. The molecule has 0 unspecified atom stereocenters. The number of aromatic nitrogens is 3. The number of hydrogen-bond donors (Lipinski definition) is 1. The quantitative estimate of drug-likeness (QED) is 0.907. The molecule has 24 heavy (non-hydrogen) atoms. The third-order valence-electron chi connectivity index (χ3n) is 4.80. The molecule has 7 heteroatoms. The molecule has 0 radical (unpaired) electrons. The minimum Gasteiger partial charge on any atom is -0.366 e. The minimum absolute atomic E-state index is 0.114. The summed E-state index contributed by atoms with van der Waals surface area (Å²) in [6.45, 7) is 5.80. The van der Waals surface area contributed by atoms with Crippen molar-refractivity contribution in [2.45, 2.75) is 39.2 Å². The summed E-state index contributed by atoms with van der Waals surface area (Å²) in [5.74, 6) is 2.22. The van der Waals surface area contributed by atoms with Crippen molar-refractivity contribution in [1.82, 2.24) is 20.1 Å². The summed E-state index contributed by atoms with van der Waals surface area (Å²) >= 11 is 1.67. The van der Waals surface area contributed by atoms with Crippen LogP contribution in [0.1, 0.15) is 51.2 Å². The zero-order chi connectivity index (χ0) is 16.7. The van der Waals surface area contributed by atoms with E-state index >= 15 is 0 Å². The van der Waals surface area contributed by atoms with E-state index in [1.165, 1.54) is 16.9 Å². The van der Waals surface area contributed by atoms with Crippen LogP contribution in [0.15, 0.2) is 6.07 Å². The van der Waals surface area contributed by atoms with Gasteiger partial charge >= 0.3 is 0 Å². The topological polar surface area (TPSA) is 71.1 Å². The van der Waals surface area contributed by atoms with Crippen LogP contribution in [0.3, 0.4) is 0 Å². The summed E-state index contributed by atoms with van der Waals surface area (Å²) in [4.78, 5) is 21.4. The Hall–Kier alpha value is -1.73. The zero-order valence-electron chi connectivity index (χ0n) is 14.0. The van der Waals surface area contributed by atoms with Crippen molar-refractivity contribution < 1.29 is 9.53 Å². The van der Waals surface area contributed by atoms with E-state index < -0.39 is 0 Å². The molecule has 1 aliphatic heterocycles. The Morgan fingerprint density at radius 1 is 1.50 bits per heavy atom. The molecule has 4 rings (SSSR count). The number of morpholine rings is 1. The van der Waals surface area contributed by atoms with Gasteiger partial charge in [0.25, 0.3) is 5.91 Å². The lowest BCUT2D eigenvalue weighted by Crippen LogP contribution is -2.42. The van der Waals surface area contributed by atoms with Gasteiger partial charge in [0.2, 0.25) is 0 Å². The number of aryl methyl sites for hydroxylation is 2. The van der Waals surface area contributed by atoms with Crippen LogP contribution in [-0.4, -0.2) is 45.7 Å². The second kappa shape index (κ2) is 6.29. The molecule has 0 saturated carbocycles. The highest BCUT2D eigenvalue weighted by atomic mass is 32.1. The summed E-state index contributed by atoms with van der Waals surface area (Å²) < 4.78 is 5.75. The molecule has 0 aromatic carbocycles. The van der Waals surface area contributed by atoms with Crippen molar-refractivity contribution in [2.24, 2.45) is 5.92 Å². The summed E-state index contributed by atoms with van der Waals surface area (Å²) in [5.41, 5.74) is 1.37. The fourth-order valence-corrected chi connectivity index (χ4v) is 4.64. The number of rotatable bonds is 2. The summed E-state index contributed by atoms with van der Waals surface area (Å²) in [5, 5.41) is 7.01. The molecule has 1 saturated heterocycles. The number of H-pyrrole nitrogens is 1. The monoisotopic (exact) mass is 346 g/mol. The number of carbonyl (C=O) groups is 1. The number of aromatic amines is 1. The van der Waals surface area contributed by atoms with Gasteiger partial charge in [0.15, 0.2) is 5.82 Å². The number of nitrogens with zero attached hydrogens (tertiary/aromatic N) is 3. The maximum atomic E-state index is 12.9. The van der Waals surface area contributed by atoms with Crippen LogP contribution >= 0.6 is 11.3 Å². The van der Waals surface area contributed by atoms with E-state index in [-0.39, 0.29) is 12.0 Å². The average Bonchev–Trinajstić information content (AvgIpc) is 3.20. The van der Waals surface area contributed by atoms with Crippen LogP contribution in [0.2, 0.25) is 0 Å². The molecule has 6 nitrogen and oxygen atoms in total. The van der Waals surface area contributed by atoms with Gasteiger partial charge in [-0.2, -0.15) is 5.10 Å². The molecule has 2 aromatic rings. The lowest BCUT2D eigenvalue weighted by atomic mass is 9.90. The van der Waals surface area contributed by atoms with Crippen molar-refractivity contribution in [3.05, 3.63) is 33.0 Å². The van der Waals surface area contributed by atoms with Crippen LogP contribution in [-0.2, 0) is 17.6 Å². The van der Waals surface area contributed by atoms with Crippen LogP contribution in [0.5, 0.6) is 0 Å². The number of thiophene rings is 1. The predicted octanol–water partition coefficient (Wildman–Crippen LogP) is 2.51. The van der Waals surface area contributed by atoms with E-state index in [2.05, 4.69) is 28.2 Å². The van der Waals surface area contributed by atoms with Gasteiger partial charge in [-0.1, -0.05) is 6.92 Å². The largest absolute Gasteiger partial charge is 0.366 e. The molecule has 0 spiro atoms. The second-order valence-corrected chi connectivity index (χ2v) is 7.93. The standard InChI is InChI=1S/C17H22N4O2S/c1-10-3-4-14-12(7-10)8-15(24-14)17(22)21-5-6-23-13(9-21)16-18-11(2)19-20-16/h8,10,13H,3-7,9H2,1-2H3,(H,18,19,20)/t10-,13-/m1/s1. The normalized spacial score (nSPS) is 24.0.